The summed E-state index contributed by atoms with van der Waals surface area (Å²) in [6.07, 6.45) is 2.90. The van der Waals surface area contributed by atoms with Crippen LogP contribution in [0.3, 0.4) is 0 Å². The van der Waals surface area contributed by atoms with Crippen LogP contribution in [-0.4, -0.2) is 52.8 Å². The van der Waals surface area contributed by atoms with Crippen molar-refractivity contribution in [2.45, 2.75) is 26.4 Å². The average Bonchev–Trinajstić information content (AvgIpc) is 3.53. The molecule has 160 valence electrons. The van der Waals surface area contributed by atoms with Gasteiger partial charge in [-0.3, -0.25) is 0 Å². The maximum Gasteiger partial charge on any atom is 0.198 e. The molecule has 0 spiro atoms. The number of H-pyrrole nitrogens is 1. The Kier molecular flexibility index (Phi) is 5.07. The quantitative estimate of drug-likeness (QED) is 0.501. The molecule has 0 saturated carbocycles. The predicted octanol–water partition coefficient (Wildman–Crippen LogP) is 4.21. The van der Waals surface area contributed by atoms with E-state index < -0.39 is 0 Å². The Hall–Kier alpha value is -3.39. The highest BCUT2D eigenvalue weighted by Crippen LogP contribution is 2.35. The second kappa shape index (κ2) is 8.03. The molecule has 0 unspecified atom stereocenters. The Morgan fingerprint density at radius 1 is 1.23 bits per heavy atom. The van der Waals surface area contributed by atoms with Crippen LogP contribution in [0.2, 0.25) is 0 Å². The molecule has 4 heterocycles. The summed E-state index contributed by atoms with van der Waals surface area (Å²) >= 11 is 0. The summed E-state index contributed by atoms with van der Waals surface area (Å²) < 4.78 is 17.2. The van der Waals surface area contributed by atoms with Crippen LogP contribution in [0.5, 0.6) is 5.75 Å². The third kappa shape index (κ3) is 3.74. The molecule has 8 nitrogen and oxygen atoms in total. The van der Waals surface area contributed by atoms with Gasteiger partial charge in [0.25, 0.3) is 0 Å². The Bertz CT molecular complexity index is 1220. The van der Waals surface area contributed by atoms with Crippen LogP contribution in [0.25, 0.3) is 34.0 Å². The molecule has 1 aliphatic heterocycles. The van der Waals surface area contributed by atoms with Gasteiger partial charge in [-0.15, -0.1) is 0 Å². The van der Waals surface area contributed by atoms with Gasteiger partial charge in [0.1, 0.15) is 22.7 Å². The van der Waals surface area contributed by atoms with E-state index in [-0.39, 0.29) is 6.10 Å². The van der Waals surface area contributed by atoms with Crippen molar-refractivity contribution in [3.8, 4) is 28.6 Å². The van der Waals surface area contributed by atoms with Gasteiger partial charge in [-0.2, -0.15) is 0 Å². The molecule has 1 aromatic carbocycles. The Balaban J connectivity index is 1.60. The summed E-state index contributed by atoms with van der Waals surface area (Å²) in [5.74, 6) is 2.70. The molecule has 5 rings (SSSR count). The number of aromatic amines is 1. The van der Waals surface area contributed by atoms with Gasteiger partial charge < -0.3 is 23.8 Å². The van der Waals surface area contributed by atoms with Crippen LogP contribution in [0.15, 0.2) is 41.1 Å². The lowest BCUT2D eigenvalue weighted by molar-refractivity contribution is 0.0787. The zero-order chi connectivity index (χ0) is 21.4. The van der Waals surface area contributed by atoms with Crippen molar-refractivity contribution < 1.29 is 13.9 Å². The smallest absolute Gasteiger partial charge is 0.198 e. The monoisotopic (exact) mass is 419 g/mol. The molecule has 1 N–H and O–H groups in total. The number of methoxy groups -OCH3 is 1. The lowest BCUT2D eigenvalue weighted by Gasteiger charge is -2.20. The SMILES string of the molecule is CCO[C@H]1CCN(c2cc(OC)cc(-c3nc(-c4ccc(C)o4)nc4nc[nH]c34)c2)C1. The predicted molar refractivity (Wildman–Crippen MR) is 118 cm³/mol. The summed E-state index contributed by atoms with van der Waals surface area (Å²) in [4.78, 5) is 19.3. The number of fused-ring (bicyclic) bond motifs is 1. The molecule has 8 heteroatoms. The molecule has 1 saturated heterocycles. The molecule has 0 radical (unpaired) electrons. The fourth-order valence-electron chi connectivity index (χ4n) is 4.06. The standard InChI is InChI=1S/C23H25N5O3/c1-4-30-17-7-8-28(12-17)16-9-15(10-18(11-16)29-3)20-21-23(25-13-24-21)27-22(26-20)19-6-5-14(2)31-19/h5-6,9-11,13,17H,4,7-8,12H2,1-3H3,(H,24,25,26,27)/t17-/m0/s1. The Labute approximate surface area is 180 Å². The van der Waals surface area contributed by atoms with Crippen molar-refractivity contribution in [1.29, 1.82) is 0 Å². The highest BCUT2D eigenvalue weighted by Gasteiger charge is 2.24. The van der Waals surface area contributed by atoms with Crippen molar-refractivity contribution >= 4 is 16.9 Å². The number of aromatic nitrogens is 4. The van der Waals surface area contributed by atoms with Gasteiger partial charge in [0.05, 0.1) is 19.5 Å². The minimum atomic E-state index is 0.256. The number of furan rings is 1. The van der Waals surface area contributed by atoms with Crippen LogP contribution in [0, 0.1) is 6.92 Å². The Morgan fingerprint density at radius 2 is 2.13 bits per heavy atom. The molecule has 1 fully saturated rings. The van der Waals surface area contributed by atoms with Gasteiger partial charge in [0, 0.05) is 37.0 Å². The van der Waals surface area contributed by atoms with Gasteiger partial charge in [-0.25, -0.2) is 15.0 Å². The normalized spacial score (nSPS) is 16.4. The summed E-state index contributed by atoms with van der Waals surface area (Å²) in [6.45, 7) is 6.47. The van der Waals surface area contributed by atoms with Crippen molar-refractivity contribution in [3.05, 3.63) is 42.4 Å². The topological polar surface area (TPSA) is 89.3 Å². The molecule has 0 aliphatic carbocycles. The van der Waals surface area contributed by atoms with E-state index in [1.54, 1.807) is 13.4 Å². The van der Waals surface area contributed by atoms with Gasteiger partial charge in [-0.05, 0) is 44.5 Å². The van der Waals surface area contributed by atoms with Gasteiger partial charge in [-0.1, -0.05) is 0 Å². The molecular weight excluding hydrogens is 394 g/mol. The minimum Gasteiger partial charge on any atom is -0.497 e. The maximum atomic E-state index is 5.82. The van der Waals surface area contributed by atoms with Crippen molar-refractivity contribution in [1.82, 2.24) is 19.9 Å². The first kappa shape index (κ1) is 19.6. The van der Waals surface area contributed by atoms with E-state index >= 15 is 0 Å². The molecule has 1 aliphatic rings. The number of hydrogen-bond acceptors (Lipinski definition) is 7. The third-order valence-electron chi connectivity index (χ3n) is 5.56. The van der Waals surface area contributed by atoms with Gasteiger partial charge in [0.15, 0.2) is 17.2 Å². The van der Waals surface area contributed by atoms with Crippen LogP contribution in [0.1, 0.15) is 19.1 Å². The first-order valence-electron chi connectivity index (χ1n) is 10.5. The number of anilines is 1. The van der Waals surface area contributed by atoms with Gasteiger partial charge in [0.2, 0.25) is 0 Å². The van der Waals surface area contributed by atoms with Crippen LogP contribution in [0.4, 0.5) is 5.69 Å². The number of ether oxygens (including phenoxy) is 2. The molecular formula is C23H25N5O3. The highest BCUT2D eigenvalue weighted by molar-refractivity contribution is 5.89. The zero-order valence-electron chi connectivity index (χ0n) is 17.9. The van der Waals surface area contributed by atoms with E-state index in [2.05, 4.69) is 32.0 Å². The number of nitrogens with zero attached hydrogens (tertiary/aromatic N) is 4. The minimum absolute atomic E-state index is 0.256. The van der Waals surface area contributed by atoms with E-state index in [9.17, 15) is 0 Å². The number of rotatable bonds is 6. The van der Waals surface area contributed by atoms with Crippen molar-refractivity contribution in [3.63, 3.8) is 0 Å². The van der Waals surface area contributed by atoms with Gasteiger partial charge >= 0.3 is 0 Å². The fourth-order valence-corrected chi connectivity index (χ4v) is 4.06. The van der Waals surface area contributed by atoms with Crippen LogP contribution in [-0.2, 0) is 4.74 Å². The average molecular weight is 419 g/mol. The van der Waals surface area contributed by atoms with E-state index in [0.29, 0.717) is 17.2 Å². The third-order valence-corrected chi connectivity index (χ3v) is 5.56. The maximum absolute atomic E-state index is 5.82. The fraction of sp³-hybridized carbons (Fsp3) is 0.348. The van der Waals surface area contributed by atoms with E-state index in [1.807, 2.05) is 32.0 Å². The molecule has 4 aromatic rings. The first-order chi connectivity index (χ1) is 15.1. The lowest BCUT2D eigenvalue weighted by Crippen LogP contribution is -2.22. The number of imidazole rings is 1. The number of nitrogens with one attached hydrogen (secondary N) is 1. The van der Waals surface area contributed by atoms with E-state index in [4.69, 9.17) is 18.9 Å². The molecule has 0 amide bonds. The molecule has 3 aromatic heterocycles. The highest BCUT2D eigenvalue weighted by atomic mass is 16.5. The van der Waals surface area contributed by atoms with E-state index in [0.717, 1.165) is 60.1 Å². The second-order valence-electron chi connectivity index (χ2n) is 7.64. The molecule has 0 bridgehead atoms. The number of aryl methyl sites for hydroxylation is 1. The summed E-state index contributed by atoms with van der Waals surface area (Å²) in [7, 11) is 1.68. The summed E-state index contributed by atoms with van der Waals surface area (Å²) in [6, 6.07) is 9.96. The summed E-state index contributed by atoms with van der Waals surface area (Å²) in [5.41, 5.74) is 4.14. The largest absolute Gasteiger partial charge is 0.497 e. The van der Waals surface area contributed by atoms with Crippen LogP contribution < -0.4 is 9.64 Å². The number of hydrogen-bond donors (Lipinski definition) is 1. The molecule has 1 atom stereocenters. The summed E-state index contributed by atoms with van der Waals surface area (Å²) in [5, 5.41) is 0. The van der Waals surface area contributed by atoms with Crippen molar-refractivity contribution in [2.24, 2.45) is 0 Å². The van der Waals surface area contributed by atoms with Crippen LogP contribution >= 0.6 is 0 Å². The van der Waals surface area contributed by atoms with E-state index in [1.165, 1.54) is 0 Å². The Morgan fingerprint density at radius 3 is 2.90 bits per heavy atom. The first-order valence-corrected chi connectivity index (χ1v) is 10.5. The number of benzene rings is 1. The second-order valence-corrected chi connectivity index (χ2v) is 7.64. The lowest BCUT2D eigenvalue weighted by atomic mass is 10.1. The molecule has 31 heavy (non-hydrogen) atoms. The van der Waals surface area contributed by atoms with Crippen molar-refractivity contribution in [2.75, 3.05) is 31.7 Å². The zero-order valence-corrected chi connectivity index (χ0v) is 17.9.